The van der Waals surface area contributed by atoms with Gasteiger partial charge in [-0.3, -0.25) is 0 Å². The molecule has 2 amide bonds. The van der Waals surface area contributed by atoms with Crippen molar-refractivity contribution in [1.29, 1.82) is 0 Å². The molecule has 0 aliphatic rings. The second-order valence-corrected chi connectivity index (χ2v) is 4.45. The molecule has 9 heteroatoms. The van der Waals surface area contributed by atoms with Gasteiger partial charge in [-0.2, -0.15) is 13.2 Å². The third-order valence-electron chi connectivity index (χ3n) is 2.89. The minimum atomic E-state index is -5.11. The lowest BCUT2D eigenvalue weighted by atomic mass is 10.0. The number of carbonyl (C=O) groups excluding carboxylic acids is 1. The van der Waals surface area contributed by atoms with Crippen LogP contribution in [-0.4, -0.2) is 60.0 Å². The molecule has 0 aromatic rings. The lowest BCUT2D eigenvalue weighted by molar-refractivity contribution is -0.203. The van der Waals surface area contributed by atoms with Crippen LogP contribution in [0.2, 0.25) is 0 Å². The predicted octanol–water partition coefficient (Wildman–Crippen LogP) is 1.46. The van der Waals surface area contributed by atoms with Crippen LogP contribution in [0.25, 0.3) is 0 Å². The van der Waals surface area contributed by atoms with E-state index >= 15 is 0 Å². The molecule has 0 aliphatic heterocycles. The Morgan fingerprint density at radius 1 is 1.40 bits per heavy atom. The first-order valence-electron chi connectivity index (χ1n) is 5.89. The van der Waals surface area contributed by atoms with E-state index in [2.05, 4.69) is 0 Å². The van der Waals surface area contributed by atoms with E-state index in [1.54, 1.807) is 13.8 Å². The molecule has 2 atom stereocenters. The number of hydrogen-bond acceptors (Lipinski definition) is 3. The van der Waals surface area contributed by atoms with Crippen molar-refractivity contribution in [1.82, 2.24) is 10.2 Å². The normalized spacial score (nSPS) is 16.1. The fourth-order valence-electron chi connectivity index (χ4n) is 1.52. The Morgan fingerprint density at radius 3 is 2.20 bits per heavy atom. The molecule has 0 saturated carbocycles. The summed E-state index contributed by atoms with van der Waals surface area (Å²) in [5.74, 6) is -2.17. The number of likely N-dealkylation sites (N-methyl/N-ethyl adjacent to an activating group) is 1. The van der Waals surface area contributed by atoms with Gasteiger partial charge in [-0.05, 0) is 20.8 Å². The van der Waals surface area contributed by atoms with E-state index in [1.165, 1.54) is 12.4 Å². The molecule has 0 fully saturated rings. The van der Waals surface area contributed by atoms with Crippen LogP contribution in [0.4, 0.5) is 18.0 Å². The number of methoxy groups -OCH3 is 1. The Kier molecular flexibility index (Phi) is 6.27. The average molecular weight is 300 g/mol. The molecule has 0 saturated heterocycles. The number of hydrogen-bond donors (Lipinski definition) is 2. The summed E-state index contributed by atoms with van der Waals surface area (Å²) in [7, 11) is 1.39. The molecule has 0 aromatic heterocycles. The van der Waals surface area contributed by atoms with E-state index in [4.69, 9.17) is 9.84 Å². The minimum absolute atomic E-state index is 0.115. The van der Waals surface area contributed by atoms with Gasteiger partial charge in [0, 0.05) is 13.7 Å². The summed E-state index contributed by atoms with van der Waals surface area (Å²) in [6, 6.07) is -1.60. The molecule has 0 rings (SSSR count). The lowest BCUT2D eigenvalue weighted by Gasteiger charge is -2.34. The van der Waals surface area contributed by atoms with Gasteiger partial charge in [0.05, 0.1) is 12.6 Å². The van der Waals surface area contributed by atoms with Gasteiger partial charge in [0.1, 0.15) is 0 Å². The number of carbonyl (C=O) groups is 2. The number of carboxylic acid groups (broad SMARTS) is 1. The van der Waals surface area contributed by atoms with Gasteiger partial charge >= 0.3 is 18.2 Å². The first kappa shape index (κ1) is 18.5. The molecule has 6 nitrogen and oxygen atoms in total. The molecular formula is C11H19F3N2O4. The fourth-order valence-corrected chi connectivity index (χ4v) is 1.52. The maximum absolute atomic E-state index is 12.8. The van der Waals surface area contributed by atoms with Gasteiger partial charge in [0.15, 0.2) is 0 Å². The first-order chi connectivity index (χ1) is 9.01. The highest BCUT2D eigenvalue weighted by Crippen LogP contribution is 2.30. The highest BCUT2D eigenvalue weighted by molar-refractivity contribution is 5.86. The summed E-state index contributed by atoms with van der Waals surface area (Å²) in [6.07, 6.45) is -5.11. The molecule has 2 unspecified atom stereocenters. The third kappa shape index (κ3) is 3.99. The summed E-state index contributed by atoms with van der Waals surface area (Å²) in [5, 5.41) is 10.3. The maximum atomic E-state index is 12.8. The third-order valence-corrected chi connectivity index (χ3v) is 2.89. The highest BCUT2D eigenvalue weighted by Gasteiger charge is 2.58. The molecule has 0 aliphatic carbocycles. The van der Waals surface area contributed by atoms with Gasteiger partial charge in [-0.25, -0.2) is 9.59 Å². The van der Waals surface area contributed by atoms with Crippen LogP contribution in [-0.2, 0) is 9.53 Å². The van der Waals surface area contributed by atoms with E-state index in [-0.39, 0.29) is 13.2 Å². The van der Waals surface area contributed by atoms with Crippen molar-refractivity contribution in [2.45, 2.75) is 38.5 Å². The first-order valence-corrected chi connectivity index (χ1v) is 5.89. The zero-order valence-corrected chi connectivity index (χ0v) is 11.7. The Bertz CT molecular complexity index is 362. The quantitative estimate of drug-likeness (QED) is 0.778. The zero-order chi connectivity index (χ0) is 16.1. The maximum Gasteiger partial charge on any atom is 0.422 e. The van der Waals surface area contributed by atoms with Crippen LogP contribution in [0.1, 0.15) is 20.8 Å². The number of halogens is 3. The molecule has 0 spiro atoms. The predicted molar refractivity (Wildman–Crippen MR) is 64.3 cm³/mol. The summed E-state index contributed by atoms with van der Waals surface area (Å²) in [5.41, 5.74) is -3.34. The number of aliphatic carboxylic acids is 1. The molecule has 20 heavy (non-hydrogen) atoms. The van der Waals surface area contributed by atoms with Crippen LogP contribution in [0.3, 0.4) is 0 Å². The standard InChI is InChI=1S/C11H19F3N2O4/c1-5-16(7(2)6-20-4)9(19)15-10(3,8(17)18)11(12,13)14/h7H,5-6H2,1-4H3,(H,15,19)(H,17,18). The Labute approximate surface area is 114 Å². The summed E-state index contributed by atoms with van der Waals surface area (Å²) in [6.45, 7) is 3.79. The number of nitrogens with zero attached hydrogens (tertiary/aromatic N) is 1. The van der Waals surface area contributed by atoms with E-state index < -0.39 is 29.8 Å². The van der Waals surface area contributed by atoms with Gasteiger partial charge in [0.25, 0.3) is 0 Å². The molecule has 0 heterocycles. The number of urea groups is 1. The van der Waals surface area contributed by atoms with E-state index in [0.717, 1.165) is 4.90 Å². The second kappa shape index (κ2) is 6.78. The fraction of sp³-hybridized carbons (Fsp3) is 0.818. The molecule has 0 radical (unpaired) electrons. The monoisotopic (exact) mass is 300 g/mol. The molecule has 0 bridgehead atoms. The van der Waals surface area contributed by atoms with Crippen LogP contribution in [0.15, 0.2) is 0 Å². The number of amides is 2. The number of carboxylic acids is 1. The van der Waals surface area contributed by atoms with Crippen LogP contribution >= 0.6 is 0 Å². The largest absolute Gasteiger partial charge is 0.479 e. The Morgan fingerprint density at radius 2 is 1.90 bits per heavy atom. The van der Waals surface area contributed by atoms with Crippen molar-refractivity contribution in [2.24, 2.45) is 0 Å². The molecule has 118 valence electrons. The second-order valence-electron chi connectivity index (χ2n) is 4.45. The summed E-state index contributed by atoms with van der Waals surface area (Å²) >= 11 is 0. The van der Waals surface area contributed by atoms with Gasteiger partial charge < -0.3 is 20.1 Å². The minimum Gasteiger partial charge on any atom is -0.479 e. The summed E-state index contributed by atoms with van der Waals surface area (Å²) in [4.78, 5) is 23.8. The van der Waals surface area contributed by atoms with Crippen molar-refractivity contribution in [3.05, 3.63) is 0 Å². The zero-order valence-electron chi connectivity index (χ0n) is 11.7. The summed E-state index contributed by atoms with van der Waals surface area (Å²) < 4.78 is 43.2. The number of alkyl halides is 3. The number of nitrogens with one attached hydrogen (secondary N) is 1. The van der Waals surface area contributed by atoms with Gasteiger partial charge in [0.2, 0.25) is 5.54 Å². The van der Waals surface area contributed by atoms with Crippen molar-refractivity contribution >= 4 is 12.0 Å². The van der Waals surface area contributed by atoms with Gasteiger partial charge in [-0.15, -0.1) is 0 Å². The molecular weight excluding hydrogens is 281 g/mol. The van der Waals surface area contributed by atoms with E-state index in [0.29, 0.717) is 6.92 Å². The average Bonchev–Trinajstić information content (AvgIpc) is 2.28. The molecule has 0 aromatic carbocycles. The van der Waals surface area contributed by atoms with Crippen molar-refractivity contribution in [3.8, 4) is 0 Å². The van der Waals surface area contributed by atoms with Gasteiger partial charge in [-0.1, -0.05) is 0 Å². The highest BCUT2D eigenvalue weighted by atomic mass is 19.4. The van der Waals surface area contributed by atoms with E-state index in [1.807, 2.05) is 0 Å². The van der Waals surface area contributed by atoms with E-state index in [9.17, 15) is 22.8 Å². The van der Waals surface area contributed by atoms with Crippen molar-refractivity contribution < 1.29 is 32.6 Å². The Hall–Kier alpha value is -1.51. The van der Waals surface area contributed by atoms with Crippen LogP contribution < -0.4 is 5.32 Å². The lowest BCUT2D eigenvalue weighted by Crippen LogP contribution is -2.64. The number of rotatable bonds is 6. The number of ether oxygens (including phenoxy) is 1. The van der Waals surface area contributed by atoms with Crippen molar-refractivity contribution in [2.75, 3.05) is 20.3 Å². The van der Waals surface area contributed by atoms with Crippen molar-refractivity contribution in [3.63, 3.8) is 0 Å². The van der Waals surface area contributed by atoms with Crippen LogP contribution in [0.5, 0.6) is 0 Å². The molecule has 2 N–H and O–H groups in total. The van der Waals surface area contributed by atoms with Crippen LogP contribution in [0, 0.1) is 0 Å². The topological polar surface area (TPSA) is 78.9 Å². The Balaban J connectivity index is 5.15. The SMILES string of the molecule is CCN(C(=O)NC(C)(C(=O)O)C(F)(F)F)C(C)COC. The smallest absolute Gasteiger partial charge is 0.422 e.